The highest BCUT2D eigenvalue weighted by atomic mass is 19.1. The molecule has 0 bridgehead atoms. The van der Waals surface area contributed by atoms with Crippen LogP contribution >= 0.6 is 0 Å². The number of fused-ring (bicyclic) bond motifs is 4. The van der Waals surface area contributed by atoms with Gasteiger partial charge in [0, 0.05) is 52.5 Å². The minimum atomic E-state index is -0.419. The van der Waals surface area contributed by atoms with Crippen LogP contribution in [0.2, 0.25) is 0 Å². The number of pyridine rings is 1. The van der Waals surface area contributed by atoms with Crippen LogP contribution in [-0.2, 0) is 17.6 Å². The molecule has 5 aromatic rings. The number of ether oxygens (including phenoxy) is 1. The molecule has 2 aliphatic rings. The summed E-state index contributed by atoms with van der Waals surface area (Å²) in [6.07, 6.45) is 8.37. The molecule has 176 valence electrons. The van der Waals surface area contributed by atoms with Crippen molar-refractivity contribution >= 4 is 22.5 Å². The number of benzene rings is 1. The molecule has 1 saturated heterocycles. The molecule has 2 N–H and O–H groups in total. The molecule has 1 unspecified atom stereocenters. The van der Waals surface area contributed by atoms with Crippen molar-refractivity contribution in [2.75, 3.05) is 18.5 Å². The number of anilines is 1. The van der Waals surface area contributed by atoms with Crippen LogP contribution in [0.1, 0.15) is 35.6 Å². The molecule has 35 heavy (non-hydrogen) atoms. The Morgan fingerprint density at radius 1 is 1.11 bits per heavy atom. The van der Waals surface area contributed by atoms with Gasteiger partial charge in [-0.15, -0.1) is 0 Å². The fourth-order valence-corrected chi connectivity index (χ4v) is 5.39. The Morgan fingerprint density at radius 3 is 2.94 bits per heavy atom. The summed E-state index contributed by atoms with van der Waals surface area (Å²) in [5.74, 6) is 0.846. The second-order valence-electron chi connectivity index (χ2n) is 9.37. The SMILES string of the molecule is Fc1cncc(-c2nc(N[C@@H]3CCc4[nH]c5ccccc5c4C3)n3ncc(C4CCOC4)c3n2)c1. The highest BCUT2D eigenvalue weighted by Gasteiger charge is 2.27. The Bertz CT molecular complexity index is 1550. The van der Waals surface area contributed by atoms with Crippen LogP contribution in [0.15, 0.2) is 48.9 Å². The summed E-state index contributed by atoms with van der Waals surface area (Å²) in [7, 11) is 0. The lowest BCUT2D eigenvalue weighted by Gasteiger charge is -2.24. The minimum absolute atomic E-state index is 0.181. The zero-order valence-corrected chi connectivity index (χ0v) is 19.0. The number of aromatic amines is 1. The maximum Gasteiger partial charge on any atom is 0.228 e. The second-order valence-corrected chi connectivity index (χ2v) is 9.37. The quantitative estimate of drug-likeness (QED) is 0.408. The van der Waals surface area contributed by atoms with E-state index in [-0.39, 0.29) is 12.0 Å². The molecule has 0 spiro atoms. The van der Waals surface area contributed by atoms with Crippen molar-refractivity contribution in [1.29, 1.82) is 0 Å². The highest BCUT2D eigenvalue weighted by molar-refractivity contribution is 5.85. The van der Waals surface area contributed by atoms with E-state index in [2.05, 4.69) is 44.6 Å². The summed E-state index contributed by atoms with van der Waals surface area (Å²) in [6, 6.07) is 10.0. The van der Waals surface area contributed by atoms with Crippen molar-refractivity contribution in [3.63, 3.8) is 0 Å². The van der Waals surface area contributed by atoms with Gasteiger partial charge in [-0.3, -0.25) is 4.98 Å². The van der Waals surface area contributed by atoms with Gasteiger partial charge in [0.25, 0.3) is 0 Å². The van der Waals surface area contributed by atoms with E-state index in [4.69, 9.17) is 14.7 Å². The molecule has 1 aromatic carbocycles. The zero-order valence-electron chi connectivity index (χ0n) is 19.0. The second kappa shape index (κ2) is 8.13. The van der Waals surface area contributed by atoms with E-state index < -0.39 is 5.82 Å². The summed E-state index contributed by atoms with van der Waals surface area (Å²) in [4.78, 5) is 17.2. The zero-order chi connectivity index (χ0) is 23.4. The van der Waals surface area contributed by atoms with Gasteiger partial charge in [0.15, 0.2) is 11.5 Å². The topological polar surface area (TPSA) is 93.0 Å². The van der Waals surface area contributed by atoms with Crippen molar-refractivity contribution in [3.05, 3.63) is 71.6 Å². The fraction of sp³-hybridized carbons (Fsp3) is 0.308. The van der Waals surface area contributed by atoms with Crippen molar-refractivity contribution in [3.8, 4) is 11.4 Å². The number of aryl methyl sites for hydroxylation is 1. The number of aromatic nitrogens is 6. The number of rotatable bonds is 4. The summed E-state index contributed by atoms with van der Waals surface area (Å²) in [5, 5.41) is 9.56. The predicted octanol–water partition coefficient (Wildman–Crippen LogP) is 4.28. The first kappa shape index (κ1) is 20.5. The van der Waals surface area contributed by atoms with Crippen LogP contribution in [0.4, 0.5) is 10.3 Å². The van der Waals surface area contributed by atoms with Gasteiger partial charge in [-0.25, -0.2) is 9.37 Å². The number of hydrogen-bond donors (Lipinski definition) is 2. The lowest BCUT2D eigenvalue weighted by atomic mass is 9.91. The number of nitrogens with one attached hydrogen (secondary N) is 2. The van der Waals surface area contributed by atoms with E-state index in [0.29, 0.717) is 23.9 Å². The normalized spacial score (nSPS) is 19.9. The molecule has 0 radical (unpaired) electrons. The maximum atomic E-state index is 14.0. The molecule has 1 aliphatic carbocycles. The third-order valence-electron chi connectivity index (χ3n) is 7.16. The lowest BCUT2D eigenvalue weighted by molar-refractivity contribution is 0.194. The molecule has 0 amide bonds. The largest absolute Gasteiger partial charge is 0.381 e. The number of nitrogens with zero attached hydrogens (tertiary/aromatic N) is 5. The third-order valence-corrected chi connectivity index (χ3v) is 7.16. The van der Waals surface area contributed by atoms with Crippen LogP contribution in [0.25, 0.3) is 27.9 Å². The molecular weight excluding hydrogens is 445 g/mol. The minimum Gasteiger partial charge on any atom is -0.381 e. The number of halogens is 1. The molecule has 1 fully saturated rings. The molecule has 7 rings (SSSR count). The van der Waals surface area contributed by atoms with E-state index in [1.807, 2.05) is 6.20 Å². The molecule has 0 saturated carbocycles. The average Bonchev–Trinajstić information content (AvgIpc) is 3.62. The van der Waals surface area contributed by atoms with Gasteiger partial charge in [-0.1, -0.05) is 18.2 Å². The van der Waals surface area contributed by atoms with Gasteiger partial charge >= 0.3 is 0 Å². The van der Waals surface area contributed by atoms with Gasteiger partial charge in [0.05, 0.1) is 19.0 Å². The summed E-state index contributed by atoms with van der Waals surface area (Å²) < 4.78 is 21.4. The van der Waals surface area contributed by atoms with Crippen molar-refractivity contribution in [1.82, 2.24) is 29.5 Å². The molecule has 9 heteroatoms. The molecule has 1 aliphatic heterocycles. The lowest BCUT2D eigenvalue weighted by Crippen LogP contribution is -2.29. The van der Waals surface area contributed by atoms with Crippen LogP contribution in [0, 0.1) is 5.82 Å². The first-order valence-corrected chi connectivity index (χ1v) is 12.0. The van der Waals surface area contributed by atoms with Gasteiger partial charge in [0.1, 0.15) is 5.82 Å². The predicted molar refractivity (Wildman–Crippen MR) is 130 cm³/mol. The van der Waals surface area contributed by atoms with E-state index >= 15 is 0 Å². The van der Waals surface area contributed by atoms with Crippen LogP contribution in [0.5, 0.6) is 0 Å². The Kier molecular flexibility index (Phi) is 4.76. The van der Waals surface area contributed by atoms with Crippen molar-refractivity contribution < 1.29 is 9.13 Å². The summed E-state index contributed by atoms with van der Waals surface area (Å²) >= 11 is 0. The van der Waals surface area contributed by atoms with E-state index in [9.17, 15) is 4.39 Å². The average molecular weight is 470 g/mol. The first-order chi connectivity index (χ1) is 17.2. The maximum absolute atomic E-state index is 14.0. The third kappa shape index (κ3) is 3.54. The summed E-state index contributed by atoms with van der Waals surface area (Å²) in [6.45, 7) is 1.38. The Morgan fingerprint density at radius 2 is 2.06 bits per heavy atom. The first-order valence-electron chi connectivity index (χ1n) is 12.0. The highest BCUT2D eigenvalue weighted by Crippen LogP contribution is 2.32. The standard InChI is InChI=1S/C26H24FN7O/c27-17-9-16(11-28-12-17)24-32-25-21(15-7-8-35-14-15)13-29-34(25)26(33-24)30-18-5-6-23-20(10-18)19-3-1-2-4-22(19)31-23/h1-4,9,11-13,15,18,31H,5-8,10,14H2,(H,30,32,33)/t15?,18-/m1/s1. The summed E-state index contributed by atoms with van der Waals surface area (Å²) in [5.41, 5.74) is 6.13. The van der Waals surface area contributed by atoms with Crippen molar-refractivity contribution in [2.45, 2.75) is 37.6 Å². The molecule has 8 nitrogen and oxygen atoms in total. The number of H-pyrrole nitrogens is 1. The smallest absolute Gasteiger partial charge is 0.228 e. The van der Waals surface area contributed by atoms with Crippen LogP contribution in [-0.4, -0.2) is 48.8 Å². The van der Waals surface area contributed by atoms with Gasteiger partial charge in [-0.2, -0.15) is 14.6 Å². The van der Waals surface area contributed by atoms with E-state index in [0.717, 1.165) is 43.5 Å². The molecule has 5 heterocycles. The Labute approximate surface area is 200 Å². The van der Waals surface area contributed by atoms with E-state index in [1.165, 1.54) is 34.4 Å². The van der Waals surface area contributed by atoms with E-state index in [1.54, 1.807) is 10.7 Å². The molecular formula is C26H24FN7O. The monoisotopic (exact) mass is 469 g/mol. The molecule has 4 aromatic heterocycles. The van der Waals surface area contributed by atoms with Crippen LogP contribution < -0.4 is 5.32 Å². The Hall–Kier alpha value is -3.85. The van der Waals surface area contributed by atoms with Gasteiger partial charge < -0.3 is 15.0 Å². The molecule has 2 atom stereocenters. The van der Waals surface area contributed by atoms with Crippen molar-refractivity contribution in [2.24, 2.45) is 0 Å². The fourth-order valence-electron chi connectivity index (χ4n) is 5.39. The number of hydrogen-bond acceptors (Lipinski definition) is 6. The Balaban J connectivity index is 1.30. The van der Waals surface area contributed by atoms with Gasteiger partial charge in [-0.05, 0) is 43.4 Å². The van der Waals surface area contributed by atoms with Gasteiger partial charge in [0.2, 0.25) is 5.95 Å². The van der Waals surface area contributed by atoms with Crippen LogP contribution in [0.3, 0.4) is 0 Å². The number of para-hydroxylation sites is 1.